The van der Waals surface area contributed by atoms with Crippen LogP contribution in [0, 0.1) is 0 Å². The summed E-state index contributed by atoms with van der Waals surface area (Å²) in [6, 6.07) is 9.16. The van der Waals surface area contributed by atoms with Crippen molar-refractivity contribution in [3.8, 4) is 0 Å². The molecule has 0 fully saturated rings. The molecule has 1 nitrogen and oxygen atoms in total. The Morgan fingerprint density at radius 2 is 2.12 bits per heavy atom. The first kappa shape index (κ1) is 14.3. The number of hydrogen-bond donors (Lipinski definition) is 1. The fourth-order valence-electron chi connectivity index (χ4n) is 1.84. The maximum absolute atomic E-state index is 3.78. The smallest absolute Gasteiger partial charge is 0.0328 e. The molecule has 0 amide bonds. The van der Waals surface area contributed by atoms with Crippen LogP contribution in [0.4, 0.5) is 0 Å². The van der Waals surface area contributed by atoms with E-state index < -0.39 is 0 Å². The Balaban J connectivity index is 2.80. The maximum atomic E-state index is 3.78. The van der Waals surface area contributed by atoms with Gasteiger partial charge in [-0.25, -0.2) is 0 Å². The van der Waals surface area contributed by atoms with Crippen LogP contribution >= 0.6 is 11.8 Å². The van der Waals surface area contributed by atoms with E-state index in [0.717, 1.165) is 18.7 Å². The minimum Gasteiger partial charge on any atom is -0.310 e. The molecule has 0 bridgehead atoms. The molecule has 94 valence electrons. The Morgan fingerprint density at radius 3 is 2.76 bits per heavy atom. The van der Waals surface area contributed by atoms with E-state index >= 15 is 0 Å². The van der Waals surface area contributed by atoms with Gasteiger partial charge < -0.3 is 5.32 Å². The molecule has 0 aromatic heterocycles. The molecule has 1 unspecified atom stereocenters. The summed E-state index contributed by atoms with van der Waals surface area (Å²) < 4.78 is 0. The monoisotopic (exact) mass is 249 g/mol. The third-order valence-electron chi connectivity index (χ3n) is 2.70. The number of thioether (sulfide) groups is 1. The van der Waals surface area contributed by atoms with Gasteiger partial charge in [-0.15, -0.1) is 18.3 Å². The molecule has 0 radical (unpaired) electrons. The fraction of sp³-hybridized carbons (Fsp3) is 0.467. The minimum atomic E-state index is 0.475. The van der Waals surface area contributed by atoms with Gasteiger partial charge in [-0.3, -0.25) is 0 Å². The van der Waals surface area contributed by atoms with Crippen LogP contribution < -0.4 is 5.32 Å². The molecule has 1 atom stereocenters. The summed E-state index contributed by atoms with van der Waals surface area (Å²) in [6.07, 6.45) is 4.27. The van der Waals surface area contributed by atoms with E-state index in [1.54, 1.807) is 0 Å². The van der Waals surface area contributed by atoms with Gasteiger partial charge in [-0.05, 0) is 31.0 Å². The van der Waals surface area contributed by atoms with E-state index in [4.69, 9.17) is 0 Å². The number of rotatable bonds is 8. The van der Waals surface area contributed by atoms with E-state index in [1.165, 1.54) is 16.9 Å². The zero-order chi connectivity index (χ0) is 12.5. The van der Waals surface area contributed by atoms with Crippen LogP contribution in [0.2, 0.25) is 0 Å². The van der Waals surface area contributed by atoms with Gasteiger partial charge in [0.25, 0.3) is 0 Å². The van der Waals surface area contributed by atoms with Gasteiger partial charge >= 0.3 is 0 Å². The standard InChI is InChI=1S/C15H23NS/c1-4-11-16-14(6-3)13-9-7-8-10-15(13)17-12-5-2/h5,7-10,14,16H,2,4,6,11-12H2,1,3H3. The van der Waals surface area contributed by atoms with Crippen molar-refractivity contribution in [2.75, 3.05) is 12.3 Å². The van der Waals surface area contributed by atoms with Gasteiger partial charge in [0.05, 0.1) is 0 Å². The predicted octanol–water partition coefficient (Wildman–Crippen LogP) is 4.42. The summed E-state index contributed by atoms with van der Waals surface area (Å²) in [4.78, 5) is 1.38. The van der Waals surface area contributed by atoms with E-state index in [-0.39, 0.29) is 0 Å². The zero-order valence-corrected chi connectivity index (χ0v) is 11.7. The van der Waals surface area contributed by atoms with Gasteiger partial charge in [0.1, 0.15) is 0 Å². The molecule has 1 aromatic rings. The molecule has 0 heterocycles. The van der Waals surface area contributed by atoms with E-state index in [9.17, 15) is 0 Å². The lowest BCUT2D eigenvalue weighted by molar-refractivity contribution is 0.512. The summed E-state index contributed by atoms with van der Waals surface area (Å²) in [5.41, 5.74) is 1.43. The van der Waals surface area contributed by atoms with Crippen LogP contribution in [0.5, 0.6) is 0 Å². The third kappa shape index (κ3) is 4.57. The normalized spacial score (nSPS) is 12.4. The van der Waals surface area contributed by atoms with Gasteiger partial charge in [0.15, 0.2) is 0 Å². The predicted molar refractivity (Wildman–Crippen MR) is 78.7 cm³/mol. The number of hydrogen-bond acceptors (Lipinski definition) is 2. The summed E-state index contributed by atoms with van der Waals surface area (Å²) in [7, 11) is 0. The molecular weight excluding hydrogens is 226 g/mol. The highest BCUT2D eigenvalue weighted by Gasteiger charge is 2.11. The Labute approximate surface area is 110 Å². The molecule has 0 aliphatic carbocycles. The molecule has 0 saturated heterocycles. The van der Waals surface area contributed by atoms with Crippen LogP contribution in [-0.4, -0.2) is 12.3 Å². The lowest BCUT2D eigenvalue weighted by Crippen LogP contribution is -2.21. The highest BCUT2D eigenvalue weighted by Crippen LogP contribution is 2.29. The van der Waals surface area contributed by atoms with Crippen molar-refractivity contribution in [1.29, 1.82) is 0 Å². The number of nitrogens with one attached hydrogen (secondary N) is 1. The van der Waals surface area contributed by atoms with Crippen molar-refractivity contribution in [2.45, 2.75) is 37.6 Å². The number of benzene rings is 1. The summed E-state index contributed by atoms with van der Waals surface area (Å²) in [5.74, 6) is 0.973. The topological polar surface area (TPSA) is 12.0 Å². The van der Waals surface area contributed by atoms with E-state index in [1.807, 2.05) is 17.8 Å². The van der Waals surface area contributed by atoms with Crippen molar-refractivity contribution in [2.24, 2.45) is 0 Å². The van der Waals surface area contributed by atoms with Crippen molar-refractivity contribution in [1.82, 2.24) is 5.32 Å². The average Bonchev–Trinajstić information content (AvgIpc) is 2.38. The lowest BCUT2D eigenvalue weighted by atomic mass is 10.0. The Hall–Kier alpha value is -0.730. The van der Waals surface area contributed by atoms with Crippen LogP contribution in [0.15, 0.2) is 41.8 Å². The first-order valence-electron chi connectivity index (χ1n) is 6.39. The molecule has 0 aliphatic heterocycles. The summed E-state index contributed by atoms with van der Waals surface area (Å²) in [5, 5.41) is 3.61. The molecular formula is C15H23NS. The first-order chi connectivity index (χ1) is 8.33. The lowest BCUT2D eigenvalue weighted by Gasteiger charge is -2.20. The quantitative estimate of drug-likeness (QED) is 0.541. The van der Waals surface area contributed by atoms with Crippen LogP contribution in [0.1, 0.15) is 38.3 Å². The second-order valence-corrected chi connectivity index (χ2v) is 5.11. The van der Waals surface area contributed by atoms with E-state index in [0.29, 0.717) is 6.04 Å². The van der Waals surface area contributed by atoms with Gasteiger partial charge in [0.2, 0.25) is 0 Å². The van der Waals surface area contributed by atoms with Crippen LogP contribution in [0.25, 0.3) is 0 Å². The summed E-state index contributed by atoms with van der Waals surface area (Å²) in [6.45, 7) is 9.31. The third-order valence-corrected chi connectivity index (χ3v) is 3.79. The highest BCUT2D eigenvalue weighted by atomic mass is 32.2. The maximum Gasteiger partial charge on any atom is 0.0328 e. The minimum absolute atomic E-state index is 0.475. The van der Waals surface area contributed by atoms with Crippen LogP contribution in [-0.2, 0) is 0 Å². The second kappa shape index (κ2) is 8.37. The van der Waals surface area contributed by atoms with Crippen molar-refractivity contribution < 1.29 is 0 Å². The molecule has 1 N–H and O–H groups in total. The van der Waals surface area contributed by atoms with Gasteiger partial charge in [0, 0.05) is 16.7 Å². The highest BCUT2D eigenvalue weighted by molar-refractivity contribution is 7.99. The zero-order valence-electron chi connectivity index (χ0n) is 10.9. The first-order valence-corrected chi connectivity index (χ1v) is 7.38. The Morgan fingerprint density at radius 1 is 1.35 bits per heavy atom. The molecule has 1 aromatic carbocycles. The van der Waals surface area contributed by atoms with E-state index in [2.05, 4.69) is 50.0 Å². The molecule has 0 aliphatic rings. The second-order valence-electron chi connectivity index (χ2n) is 4.05. The molecule has 17 heavy (non-hydrogen) atoms. The van der Waals surface area contributed by atoms with Crippen LogP contribution in [0.3, 0.4) is 0 Å². The SMILES string of the molecule is C=CCSc1ccccc1C(CC)NCCC. The molecule has 0 saturated carbocycles. The average molecular weight is 249 g/mol. The van der Waals surface area contributed by atoms with Crippen molar-refractivity contribution in [3.05, 3.63) is 42.5 Å². The molecule has 1 rings (SSSR count). The Bertz CT molecular complexity index is 335. The Kier molecular flexibility index (Phi) is 7.06. The molecule has 0 spiro atoms. The van der Waals surface area contributed by atoms with Gasteiger partial charge in [-0.1, -0.05) is 38.1 Å². The molecule has 2 heteroatoms. The van der Waals surface area contributed by atoms with Crippen molar-refractivity contribution >= 4 is 11.8 Å². The van der Waals surface area contributed by atoms with Gasteiger partial charge in [-0.2, -0.15) is 0 Å². The van der Waals surface area contributed by atoms with Crippen molar-refractivity contribution in [3.63, 3.8) is 0 Å². The fourth-order valence-corrected chi connectivity index (χ4v) is 2.69. The largest absolute Gasteiger partial charge is 0.310 e. The summed E-state index contributed by atoms with van der Waals surface area (Å²) >= 11 is 1.87.